The summed E-state index contributed by atoms with van der Waals surface area (Å²) in [5.74, 6) is 0.990. The average molecular weight is 484 g/mol. The van der Waals surface area contributed by atoms with E-state index in [0.29, 0.717) is 45.2 Å². The van der Waals surface area contributed by atoms with E-state index >= 15 is 0 Å². The van der Waals surface area contributed by atoms with Gasteiger partial charge in [0.05, 0.1) is 23.4 Å². The third-order valence-corrected chi connectivity index (χ3v) is 5.81. The molecule has 33 heavy (non-hydrogen) atoms. The summed E-state index contributed by atoms with van der Waals surface area (Å²) >= 11 is 12.1. The Morgan fingerprint density at radius 3 is 2.48 bits per heavy atom. The van der Waals surface area contributed by atoms with Crippen molar-refractivity contribution in [3.05, 3.63) is 81.5 Å². The second kappa shape index (κ2) is 10.1. The quantitative estimate of drug-likeness (QED) is 0.313. The molecule has 1 saturated heterocycles. The van der Waals surface area contributed by atoms with Gasteiger partial charge in [-0.15, -0.1) is 0 Å². The number of nitrogens with zero attached hydrogens (tertiary/aromatic N) is 2. The minimum atomic E-state index is -0.383. The summed E-state index contributed by atoms with van der Waals surface area (Å²) in [6.07, 6.45) is 2.59. The molecule has 9 heteroatoms. The Labute approximate surface area is 202 Å². The van der Waals surface area contributed by atoms with Crippen molar-refractivity contribution in [3.8, 4) is 5.75 Å². The van der Waals surface area contributed by atoms with E-state index in [-0.39, 0.29) is 5.91 Å². The topological polar surface area (TPSA) is 90.3 Å². The van der Waals surface area contributed by atoms with Gasteiger partial charge in [0, 0.05) is 42.5 Å². The van der Waals surface area contributed by atoms with Crippen LogP contribution in [0.5, 0.6) is 5.75 Å². The molecular weight excluding hydrogens is 461 g/mol. The number of carbonyl (C=O) groups excluding carboxylic acids is 1. The Kier molecular flexibility index (Phi) is 7.01. The molecule has 1 fully saturated rings. The first-order valence-electron chi connectivity index (χ1n) is 10.4. The van der Waals surface area contributed by atoms with E-state index in [2.05, 4.69) is 15.6 Å². The zero-order valence-electron chi connectivity index (χ0n) is 18.0. The Balaban J connectivity index is 1.52. The summed E-state index contributed by atoms with van der Waals surface area (Å²) in [5.41, 5.74) is 2.73. The van der Waals surface area contributed by atoms with Gasteiger partial charge in [-0.1, -0.05) is 47.5 Å². The van der Waals surface area contributed by atoms with Gasteiger partial charge >= 0.3 is 0 Å². The number of aromatic nitrogens is 1. The molecule has 0 saturated carbocycles. The number of amidine groups is 1. The van der Waals surface area contributed by atoms with Crippen LogP contribution in [0.15, 0.2) is 54.7 Å². The number of rotatable bonds is 7. The molecule has 0 atom stereocenters. The van der Waals surface area contributed by atoms with Gasteiger partial charge in [0.1, 0.15) is 17.4 Å². The van der Waals surface area contributed by atoms with Gasteiger partial charge in [-0.3, -0.25) is 10.2 Å². The van der Waals surface area contributed by atoms with Crippen LogP contribution in [-0.4, -0.2) is 41.8 Å². The fourth-order valence-electron chi connectivity index (χ4n) is 3.43. The summed E-state index contributed by atoms with van der Waals surface area (Å²) in [5, 5.41) is 15.2. The molecule has 0 bridgehead atoms. The molecule has 170 valence electrons. The van der Waals surface area contributed by atoms with Crippen molar-refractivity contribution in [3.63, 3.8) is 0 Å². The Bertz CT molecular complexity index is 1160. The molecule has 7 nitrogen and oxygen atoms in total. The van der Waals surface area contributed by atoms with Crippen LogP contribution in [0.25, 0.3) is 0 Å². The summed E-state index contributed by atoms with van der Waals surface area (Å²) in [4.78, 5) is 19.2. The van der Waals surface area contributed by atoms with Crippen LogP contribution in [0, 0.1) is 5.41 Å². The zero-order chi connectivity index (χ0) is 23.4. The van der Waals surface area contributed by atoms with Crippen molar-refractivity contribution in [2.75, 3.05) is 30.8 Å². The second-order valence-electron chi connectivity index (χ2n) is 7.59. The van der Waals surface area contributed by atoms with Crippen molar-refractivity contribution in [2.45, 2.75) is 13.0 Å². The van der Waals surface area contributed by atoms with Gasteiger partial charge in [-0.25, -0.2) is 4.98 Å². The Hall–Kier alpha value is -3.29. The van der Waals surface area contributed by atoms with Gasteiger partial charge in [0.15, 0.2) is 0 Å². The first kappa shape index (κ1) is 22.9. The van der Waals surface area contributed by atoms with Crippen molar-refractivity contribution in [2.24, 2.45) is 0 Å². The van der Waals surface area contributed by atoms with E-state index < -0.39 is 0 Å². The highest BCUT2D eigenvalue weighted by Gasteiger charge is 2.19. The van der Waals surface area contributed by atoms with Crippen LogP contribution in [0.1, 0.15) is 27.9 Å². The highest BCUT2D eigenvalue weighted by atomic mass is 35.5. The number of hydrogen-bond donors (Lipinski definition) is 3. The summed E-state index contributed by atoms with van der Waals surface area (Å²) in [6, 6.07) is 14.3. The van der Waals surface area contributed by atoms with E-state index in [1.807, 2.05) is 29.2 Å². The molecule has 1 amide bonds. The van der Waals surface area contributed by atoms with Crippen LogP contribution in [0.3, 0.4) is 0 Å². The highest BCUT2D eigenvalue weighted by Crippen LogP contribution is 2.33. The maximum Gasteiger partial charge on any atom is 0.259 e. The maximum absolute atomic E-state index is 13.0. The minimum Gasteiger partial charge on any atom is -0.495 e. The number of pyridine rings is 1. The SMILES string of the molecule is COc1cc(Cl)cc(C(=O)Nc2ccc(Cl)cn2)c1NCc1ccc(C(=N)N2CCC2)cc1. The van der Waals surface area contributed by atoms with E-state index in [9.17, 15) is 4.79 Å². The minimum absolute atomic E-state index is 0.326. The predicted octanol–water partition coefficient (Wildman–Crippen LogP) is 5.29. The zero-order valence-corrected chi connectivity index (χ0v) is 19.5. The molecule has 3 aromatic rings. The largest absolute Gasteiger partial charge is 0.495 e. The lowest BCUT2D eigenvalue weighted by Gasteiger charge is -2.33. The van der Waals surface area contributed by atoms with Crippen LogP contribution in [0.2, 0.25) is 10.0 Å². The molecule has 1 aliphatic heterocycles. The lowest BCUT2D eigenvalue weighted by Crippen LogP contribution is -2.42. The molecule has 2 aromatic carbocycles. The van der Waals surface area contributed by atoms with Crippen LogP contribution in [0.4, 0.5) is 11.5 Å². The lowest BCUT2D eigenvalue weighted by molar-refractivity contribution is 0.102. The molecule has 1 aliphatic rings. The first-order valence-corrected chi connectivity index (χ1v) is 11.2. The summed E-state index contributed by atoms with van der Waals surface area (Å²) in [7, 11) is 1.52. The second-order valence-corrected chi connectivity index (χ2v) is 8.46. The number of benzene rings is 2. The van der Waals surface area contributed by atoms with Crippen molar-refractivity contribution >= 4 is 46.4 Å². The van der Waals surface area contributed by atoms with Crippen molar-refractivity contribution in [1.82, 2.24) is 9.88 Å². The third kappa shape index (κ3) is 5.38. The monoisotopic (exact) mass is 483 g/mol. The van der Waals surface area contributed by atoms with Crippen LogP contribution < -0.4 is 15.4 Å². The van der Waals surface area contributed by atoms with E-state index in [4.69, 9.17) is 33.3 Å². The number of hydrogen-bond acceptors (Lipinski definition) is 5. The Morgan fingerprint density at radius 1 is 1.12 bits per heavy atom. The van der Waals surface area contributed by atoms with Gasteiger partial charge in [0.2, 0.25) is 0 Å². The highest BCUT2D eigenvalue weighted by molar-refractivity contribution is 6.31. The van der Waals surface area contributed by atoms with Gasteiger partial charge in [-0.05, 0) is 30.2 Å². The number of anilines is 2. The number of nitrogens with one attached hydrogen (secondary N) is 3. The van der Waals surface area contributed by atoms with Gasteiger partial charge in [0.25, 0.3) is 5.91 Å². The number of ether oxygens (including phenoxy) is 1. The molecule has 4 rings (SSSR count). The molecule has 0 aliphatic carbocycles. The normalized spacial score (nSPS) is 12.6. The number of likely N-dealkylation sites (tertiary alicyclic amines) is 1. The predicted molar refractivity (Wildman–Crippen MR) is 132 cm³/mol. The molecule has 3 N–H and O–H groups in total. The first-order chi connectivity index (χ1) is 15.9. The van der Waals surface area contributed by atoms with E-state index in [1.54, 1.807) is 24.3 Å². The molecule has 0 radical (unpaired) electrons. The molecule has 0 spiro atoms. The number of methoxy groups -OCH3 is 1. The Morgan fingerprint density at radius 2 is 1.88 bits per heavy atom. The molecular formula is C24H23Cl2N5O2. The van der Waals surface area contributed by atoms with Crippen molar-refractivity contribution < 1.29 is 9.53 Å². The number of halogens is 2. The number of amides is 1. The smallest absolute Gasteiger partial charge is 0.259 e. The maximum atomic E-state index is 13.0. The van der Waals surface area contributed by atoms with E-state index in [0.717, 1.165) is 30.6 Å². The van der Waals surface area contributed by atoms with Gasteiger partial charge < -0.3 is 20.3 Å². The molecule has 2 heterocycles. The summed E-state index contributed by atoms with van der Waals surface area (Å²) < 4.78 is 5.47. The molecule has 0 unspecified atom stereocenters. The third-order valence-electron chi connectivity index (χ3n) is 5.37. The molecule has 1 aromatic heterocycles. The fourth-order valence-corrected chi connectivity index (χ4v) is 3.75. The van der Waals surface area contributed by atoms with Gasteiger partial charge in [-0.2, -0.15) is 0 Å². The fraction of sp³-hybridized carbons (Fsp3) is 0.208. The lowest BCUT2D eigenvalue weighted by atomic mass is 10.1. The average Bonchev–Trinajstić information content (AvgIpc) is 2.78. The van der Waals surface area contributed by atoms with Crippen LogP contribution in [-0.2, 0) is 6.54 Å². The summed E-state index contributed by atoms with van der Waals surface area (Å²) in [6.45, 7) is 2.33. The van der Waals surface area contributed by atoms with Crippen LogP contribution >= 0.6 is 23.2 Å². The number of carbonyl (C=O) groups is 1. The van der Waals surface area contributed by atoms with E-state index in [1.165, 1.54) is 13.3 Å². The van der Waals surface area contributed by atoms with Crippen molar-refractivity contribution in [1.29, 1.82) is 5.41 Å². The standard InChI is InChI=1S/C24H23Cl2N5O2/c1-33-20-12-18(26)11-19(24(32)30-21-8-7-17(25)14-28-21)22(20)29-13-15-3-5-16(6-4-15)23(27)31-9-2-10-31/h3-8,11-12,14,27,29H,2,9-10,13H2,1H3,(H,28,30,32).